The number of imide groups is 1. The van der Waals surface area contributed by atoms with Crippen molar-refractivity contribution in [2.45, 2.75) is 64.8 Å². The third-order valence-corrected chi connectivity index (χ3v) is 2.95. The zero-order valence-corrected chi connectivity index (χ0v) is 12.1. The van der Waals surface area contributed by atoms with Crippen LogP contribution < -0.4 is 5.32 Å². The summed E-state index contributed by atoms with van der Waals surface area (Å²) < 4.78 is 0. The van der Waals surface area contributed by atoms with Gasteiger partial charge in [-0.05, 0) is 33.6 Å². The van der Waals surface area contributed by atoms with E-state index in [-0.39, 0.29) is 23.3 Å². The lowest BCUT2D eigenvalue weighted by atomic mass is 10.1. The number of amides is 3. The van der Waals surface area contributed by atoms with E-state index in [1.54, 1.807) is 0 Å². The van der Waals surface area contributed by atoms with Crippen molar-refractivity contribution in [1.29, 1.82) is 0 Å². The van der Waals surface area contributed by atoms with Crippen LogP contribution in [0.1, 0.15) is 59.3 Å². The first-order valence-electron chi connectivity index (χ1n) is 6.94. The summed E-state index contributed by atoms with van der Waals surface area (Å²) in [6, 6.07) is 0. The van der Waals surface area contributed by atoms with Gasteiger partial charge < -0.3 is 5.32 Å². The smallest absolute Gasteiger partial charge is 0.229 e. The number of rotatable bonds is 6. The monoisotopic (exact) mass is 268 g/mol. The van der Waals surface area contributed by atoms with Gasteiger partial charge in [-0.2, -0.15) is 0 Å². The van der Waals surface area contributed by atoms with E-state index in [2.05, 4.69) is 5.32 Å². The standard InChI is InChI=1S/C14H24N2O3/c1-14(2,3)15-11(17)7-5-4-6-10-16-12(18)8-9-13(16)19/h4-10H2,1-3H3,(H,15,17). The van der Waals surface area contributed by atoms with Gasteiger partial charge in [-0.3, -0.25) is 19.3 Å². The van der Waals surface area contributed by atoms with Crippen molar-refractivity contribution in [1.82, 2.24) is 10.2 Å². The average Bonchev–Trinajstić information content (AvgIpc) is 2.57. The van der Waals surface area contributed by atoms with E-state index in [4.69, 9.17) is 0 Å². The number of carbonyl (C=O) groups excluding carboxylic acids is 3. The lowest BCUT2D eigenvalue weighted by Crippen LogP contribution is -2.40. The van der Waals surface area contributed by atoms with Crippen LogP contribution in [0.25, 0.3) is 0 Å². The minimum atomic E-state index is -0.189. The van der Waals surface area contributed by atoms with Crippen LogP contribution in [0.5, 0.6) is 0 Å². The summed E-state index contributed by atoms with van der Waals surface area (Å²) in [6.45, 7) is 6.36. The van der Waals surface area contributed by atoms with Crippen molar-refractivity contribution < 1.29 is 14.4 Å². The van der Waals surface area contributed by atoms with Crippen LogP contribution in [-0.2, 0) is 14.4 Å². The molecule has 0 aromatic carbocycles. The molecule has 0 aromatic rings. The molecule has 3 amide bonds. The quantitative estimate of drug-likeness (QED) is 0.588. The molecule has 0 unspecified atom stereocenters. The second-order valence-corrected chi connectivity index (χ2v) is 6.05. The third kappa shape index (κ3) is 5.85. The van der Waals surface area contributed by atoms with Gasteiger partial charge in [0.1, 0.15) is 0 Å². The fourth-order valence-electron chi connectivity index (χ4n) is 2.09. The molecule has 0 aliphatic carbocycles. The molecule has 19 heavy (non-hydrogen) atoms. The molecule has 1 N–H and O–H groups in total. The van der Waals surface area contributed by atoms with Gasteiger partial charge in [-0.25, -0.2) is 0 Å². The van der Waals surface area contributed by atoms with Gasteiger partial charge in [0, 0.05) is 31.3 Å². The van der Waals surface area contributed by atoms with E-state index in [1.165, 1.54) is 4.90 Å². The van der Waals surface area contributed by atoms with Crippen molar-refractivity contribution in [3.63, 3.8) is 0 Å². The Morgan fingerprint density at radius 2 is 1.68 bits per heavy atom. The molecule has 0 spiro atoms. The molecule has 1 heterocycles. The molecule has 0 aromatic heterocycles. The molecule has 1 fully saturated rings. The van der Waals surface area contributed by atoms with Gasteiger partial charge in [-0.1, -0.05) is 6.42 Å². The highest BCUT2D eigenvalue weighted by Crippen LogP contribution is 2.13. The summed E-state index contributed by atoms with van der Waals surface area (Å²) in [6.07, 6.45) is 3.63. The van der Waals surface area contributed by atoms with Gasteiger partial charge in [0.2, 0.25) is 17.7 Å². The molecule has 0 bridgehead atoms. The normalized spacial score (nSPS) is 16.1. The fraction of sp³-hybridized carbons (Fsp3) is 0.786. The first-order chi connectivity index (χ1) is 8.79. The van der Waals surface area contributed by atoms with Crippen LogP contribution in [0, 0.1) is 0 Å². The number of hydrogen-bond donors (Lipinski definition) is 1. The Hall–Kier alpha value is -1.39. The molecule has 1 rings (SSSR count). The molecular formula is C14H24N2O3. The summed E-state index contributed by atoms with van der Waals surface area (Å²) in [5.41, 5.74) is -0.189. The van der Waals surface area contributed by atoms with Gasteiger partial charge in [0.05, 0.1) is 0 Å². The molecule has 1 saturated heterocycles. The molecule has 1 aliphatic rings. The molecule has 1 aliphatic heterocycles. The Labute approximate surface area is 114 Å². The number of nitrogens with zero attached hydrogens (tertiary/aromatic N) is 1. The van der Waals surface area contributed by atoms with Crippen LogP contribution in [0.2, 0.25) is 0 Å². The molecule has 0 radical (unpaired) electrons. The third-order valence-electron chi connectivity index (χ3n) is 2.95. The van der Waals surface area contributed by atoms with Crippen molar-refractivity contribution in [3.05, 3.63) is 0 Å². The van der Waals surface area contributed by atoms with Crippen molar-refractivity contribution in [2.75, 3.05) is 6.54 Å². The van der Waals surface area contributed by atoms with Crippen LogP contribution >= 0.6 is 0 Å². The molecule has 0 atom stereocenters. The first-order valence-corrected chi connectivity index (χ1v) is 6.94. The zero-order chi connectivity index (χ0) is 14.5. The second kappa shape index (κ2) is 6.68. The van der Waals surface area contributed by atoms with Gasteiger partial charge >= 0.3 is 0 Å². The highest BCUT2D eigenvalue weighted by Gasteiger charge is 2.27. The Kier molecular flexibility index (Phi) is 5.51. The highest BCUT2D eigenvalue weighted by atomic mass is 16.2. The first kappa shape index (κ1) is 15.7. The summed E-state index contributed by atoms with van der Waals surface area (Å²) in [7, 11) is 0. The SMILES string of the molecule is CC(C)(C)NC(=O)CCCCCN1C(=O)CCC1=O. The predicted molar refractivity (Wildman–Crippen MR) is 72.3 cm³/mol. The number of hydrogen-bond acceptors (Lipinski definition) is 3. The Balaban J connectivity index is 2.10. The van der Waals surface area contributed by atoms with Crippen LogP contribution in [0.4, 0.5) is 0 Å². The van der Waals surface area contributed by atoms with Crippen LogP contribution in [0.3, 0.4) is 0 Å². The summed E-state index contributed by atoms with van der Waals surface area (Å²) in [5.74, 6) is -0.0632. The number of likely N-dealkylation sites (tertiary alicyclic amines) is 1. The van der Waals surface area contributed by atoms with Crippen molar-refractivity contribution in [3.8, 4) is 0 Å². The zero-order valence-electron chi connectivity index (χ0n) is 12.1. The molecule has 5 nitrogen and oxygen atoms in total. The number of unbranched alkanes of at least 4 members (excludes halogenated alkanes) is 2. The number of carbonyl (C=O) groups is 3. The van der Waals surface area contributed by atoms with Crippen molar-refractivity contribution in [2.24, 2.45) is 0 Å². The van der Waals surface area contributed by atoms with E-state index in [0.717, 1.165) is 19.3 Å². The maximum absolute atomic E-state index is 11.6. The molecule has 0 saturated carbocycles. The highest BCUT2D eigenvalue weighted by molar-refractivity contribution is 6.01. The number of nitrogens with one attached hydrogen (secondary N) is 1. The second-order valence-electron chi connectivity index (χ2n) is 6.05. The lowest BCUT2D eigenvalue weighted by molar-refractivity contribution is -0.138. The maximum atomic E-state index is 11.6. The Bertz CT molecular complexity index is 342. The Morgan fingerprint density at radius 3 is 2.21 bits per heavy atom. The van der Waals surface area contributed by atoms with Gasteiger partial charge in [-0.15, -0.1) is 0 Å². The van der Waals surface area contributed by atoms with Gasteiger partial charge in [0.15, 0.2) is 0 Å². The fourth-order valence-corrected chi connectivity index (χ4v) is 2.09. The van der Waals surface area contributed by atoms with Crippen LogP contribution in [0.15, 0.2) is 0 Å². The van der Waals surface area contributed by atoms with Gasteiger partial charge in [0.25, 0.3) is 0 Å². The molecule has 5 heteroatoms. The van der Waals surface area contributed by atoms with E-state index < -0.39 is 0 Å². The van der Waals surface area contributed by atoms with E-state index in [0.29, 0.717) is 25.8 Å². The van der Waals surface area contributed by atoms with E-state index >= 15 is 0 Å². The molecular weight excluding hydrogens is 244 g/mol. The maximum Gasteiger partial charge on any atom is 0.229 e. The predicted octanol–water partition coefficient (Wildman–Crippen LogP) is 1.61. The largest absolute Gasteiger partial charge is 0.352 e. The topological polar surface area (TPSA) is 66.5 Å². The molecule has 108 valence electrons. The van der Waals surface area contributed by atoms with Crippen molar-refractivity contribution >= 4 is 17.7 Å². The summed E-state index contributed by atoms with van der Waals surface area (Å²) in [5, 5.41) is 2.91. The van der Waals surface area contributed by atoms with E-state index in [1.807, 2.05) is 20.8 Å². The average molecular weight is 268 g/mol. The lowest BCUT2D eigenvalue weighted by Gasteiger charge is -2.20. The summed E-state index contributed by atoms with van der Waals surface area (Å²) >= 11 is 0. The minimum absolute atomic E-state index is 0.0563. The Morgan fingerprint density at radius 1 is 1.11 bits per heavy atom. The summed E-state index contributed by atoms with van der Waals surface area (Å²) in [4.78, 5) is 35.6. The minimum Gasteiger partial charge on any atom is -0.352 e. The van der Waals surface area contributed by atoms with Crippen LogP contribution in [-0.4, -0.2) is 34.7 Å². The van der Waals surface area contributed by atoms with E-state index in [9.17, 15) is 14.4 Å².